The lowest BCUT2D eigenvalue weighted by Crippen LogP contribution is -1.86. The van der Waals surface area contributed by atoms with E-state index < -0.39 is 0 Å². The summed E-state index contributed by atoms with van der Waals surface area (Å²) >= 11 is 0. The predicted octanol–water partition coefficient (Wildman–Crippen LogP) is 1.41. The van der Waals surface area contributed by atoms with E-state index in [0.29, 0.717) is 0 Å². The van der Waals surface area contributed by atoms with Crippen LogP contribution in [0.4, 0.5) is 0 Å². The second-order valence-corrected chi connectivity index (χ2v) is 1.78. The third-order valence-electron chi connectivity index (χ3n) is 1.11. The molecule has 0 aromatic carbocycles. The van der Waals surface area contributed by atoms with Crippen LogP contribution in [-0.2, 0) is 0 Å². The molecule has 1 aromatic heterocycles. The van der Waals surface area contributed by atoms with Crippen molar-refractivity contribution in [3.05, 3.63) is 24.8 Å². The molecule has 0 radical (unpaired) electrons. The van der Waals surface area contributed by atoms with E-state index in [0.717, 1.165) is 5.82 Å². The first kappa shape index (κ1) is 6.74. The zero-order valence-corrected chi connectivity index (χ0v) is 5.86. The average Bonchev–Trinajstić information content (AvgIpc) is 2.36. The maximum atomic E-state index is 3.83. The maximum absolute atomic E-state index is 3.83. The topological polar surface area (TPSA) is 30.7 Å². The largest absolute Gasteiger partial charge is 0.290 e. The molecule has 0 amide bonds. The van der Waals surface area contributed by atoms with Crippen LogP contribution >= 0.6 is 0 Å². The van der Waals surface area contributed by atoms with E-state index >= 15 is 0 Å². The van der Waals surface area contributed by atoms with Crippen molar-refractivity contribution in [1.82, 2.24) is 14.8 Å². The van der Waals surface area contributed by atoms with E-state index in [1.165, 1.54) is 0 Å². The standard InChI is InChI=1S/C7H9N3/c1-3-5-7-9-8-6-10(7)4-2/h3-6H,2H2,1H3/b5-3-. The van der Waals surface area contributed by atoms with Gasteiger partial charge in [-0.1, -0.05) is 12.7 Å². The molecule has 0 spiro atoms. The lowest BCUT2D eigenvalue weighted by molar-refractivity contribution is 1.07. The van der Waals surface area contributed by atoms with E-state index in [2.05, 4.69) is 16.8 Å². The Morgan fingerprint density at radius 3 is 3.10 bits per heavy atom. The Morgan fingerprint density at radius 1 is 1.70 bits per heavy atom. The van der Waals surface area contributed by atoms with Gasteiger partial charge in [-0.2, -0.15) is 0 Å². The SMILES string of the molecule is C=Cn1cnnc1/C=C\C. The highest BCUT2D eigenvalue weighted by molar-refractivity contribution is 5.42. The van der Waals surface area contributed by atoms with E-state index in [9.17, 15) is 0 Å². The third kappa shape index (κ3) is 1.13. The fourth-order valence-corrected chi connectivity index (χ4v) is 0.661. The molecular weight excluding hydrogens is 126 g/mol. The molecule has 0 atom stereocenters. The van der Waals surface area contributed by atoms with Crippen LogP contribution in [0.15, 0.2) is 19.0 Å². The van der Waals surface area contributed by atoms with Gasteiger partial charge in [0.2, 0.25) is 0 Å². The highest BCUT2D eigenvalue weighted by Crippen LogP contribution is 1.96. The molecule has 3 heteroatoms. The van der Waals surface area contributed by atoms with Gasteiger partial charge in [-0.25, -0.2) is 0 Å². The smallest absolute Gasteiger partial charge is 0.160 e. The molecule has 1 rings (SSSR count). The summed E-state index contributed by atoms with van der Waals surface area (Å²) in [6.07, 6.45) is 7.05. The molecular formula is C7H9N3. The highest BCUT2D eigenvalue weighted by Gasteiger charge is 1.92. The summed E-state index contributed by atoms with van der Waals surface area (Å²) in [5.74, 6) is 0.803. The van der Waals surface area contributed by atoms with Crippen molar-refractivity contribution in [2.45, 2.75) is 6.92 Å². The minimum absolute atomic E-state index is 0.803. The van der Waals surface area contributed by atoms with Crippen LogP contribution in [-0.4, -0.2) is 14.8 Å². The lowest BCUT2D eigenvalue weighted by Gasteiger charge is -1.90. The molecule has 0 aliphatic heterocycles. The molecule has 0 saturated carbocycles. The molecule has 0 aliphatic carbocycles. The molecule has 1 heterocycles. The Hall–Kier alpha value is -1.38. The molecule has 0 bridgehead atoms. The van der Waals surface area contributed by atoms with E-state index in [-0.39, 0.29) is 0 Å². The normalized spacial score (nSPS) is 10.5. The lowest BCUT2D eigenvalue weighted by atomic mass is 10.5. The van der Waals surface area contributed by atoms with Crippen molar-refractivity contribution >= 4 is 12.3 Å². The van der Waals surface area contributed by atoms with Gasteiger partial charge in [0.05, 0.1) is 0 Å². The molecule has 1 aromatic rings. The summed E-state index contributed by atoms with van der Waals surface area (Å²) in [4.78, 5) is 0. The second kappa shape index (κ2) is 2.96. The first-order valence-corrected chi connectivity index (χ1v) is 3.03. The fraction of sp³-hybridized carbons (Fsp3) is 0.143. The molecule has 0 N–H and O–H groups in total. The Morgan fingerprint density at radius 2 is 2.50 bits per heavy atom. The second-order valence-electron chi connectivity index (χ2n) is 1.78. The number of aromatic nitrogens is 3. The van der Waals surface area contributed by atoms with E-state index in [1.54, 1.807) is 17.1 Å². The molecule has 0 aliphatic rings. The zero-order chi connectivity index (χ0) is 7.40. The summed E-state index contributed by atoms with van der Waals surface area (Å²) in [6.45, 7) is 5.53. The van der Waals surface area contributed by atoms with Crippen LogP contribution in [0.2, 0.25) is 0 Å². The van der Waals surface area contributed by atoms with E-state index in [4.69, 9.17) is 0 Å². The number of allylic oxidation sites excluding steroid dienone is 1. The Bertz CT molecular complexity index is 247. The van der Waals surface area contributed by atoms with Crippen molar-refractivity contribution in [3.63, 3.8) is 0 Å². The average molecular weight is 135 g/mol. The third-order valence-corrected chi connectivity index (χ3v) is 1.11. The molecule has 10 heavy (non-hydrogen) atoms. The van der Waals surface area contributed by atoms with Crippen LogP contribution in [0.5, 0.6) is 0 Å². The molecule has 0 unspecified atom stereocenters. The highest BCUT2D eigenvalue weighted by atomic mass is 15.2. The quantitative estimate of drug-likeness (QED) is 0.613. The number of nitrogens with zero attached hydrogens (tertiary/aromatic N) is 3. The van der Waals surface area contributed by atoms with Crippen molar-refractivity contribution in [1.29, 1.82) is 0 Å². The van der Waals surface area contributed by atoms with Gasteiger partial charge in [-0.15, -0.1) is 10.2 Å². The number of hydrogen-bond acceptors (Lipinski definition) is 2. The van der Waals surface area contributed by atoms with Gasteiger partial charge in [-0.3, -0.25) is 4.57 Å². The van der Waals surface area contributed by atoms with Crippen molar-refractivity contribution < 1.29 is 0 Å². The molecule has 0 saturated heterocycles. The van der Waals surface area contributed by atoms with Crippen LogP contribution < -0.4 is 0 Å². The number of rotatable bonds is 2. The maximum Gasteiger partial charge on any atom is 0.160 e. The van der Waals surface area contributed by atoms with Crippen molar-refractivity contribution in [2.24, 2.45) is 0 Å². The van der Waals surface area contributed by atoms with Gasteiger partial charge < -0.3 is 0 Å². The summed E-state index contributed by atoms with van der Waals surface area (Å²) in [6, 6.07) is 0. The summed E-state index contributed by atoms with van der Waals surface area (Å²) < 4.78 is 1.75. The number of hydrogen-bond donors (Lipinski definition) is 0. The van der Waals surface area contributed by atoms with Crippen molar-refractivity contribution in [2.75, 3.05) is 0 Å². The van der Waals surface area contributed by atoms with Gasteiger partial charge in [-0.05, 0) is 13.0 Å². The van der Waals surface area contributed by atoms with Gasteiger partial charge in [0, 0.05) is 6.20 Å². The summed E-state index contributed by atoms with van der Waals surface area (Å²) in [5.41, 5.74) is 0. The summed E-state index contributed by atoms with van der Waals surface area (Å²) in [7, 11) is 0. The van der Waals surface area contributed by atoms with E-state index in [1.807, 2.05) is 19.1 Å². The Kier molecular flexibility index (Phi) is 1.99. The molecule has 0 fully saturated rings. The molecule has 3 nitrogen and oxygen atoms in total. The van der Waals surface area contributed by atoms with Gasteiger partial charge in [0.25, 0.3) is 0 Å². The van der Waals surface area contributed by atoms with Crippen LogP contribution in [0.3, 0.4) is 0 Å². The van der Waals surface area contributed by atoms with Gasteiger partial charge in [0.1, 0.15) is 6.33 Å². The Labute approximate surface area is 59.7 Å². The summed E-state index contributed by atoms with van der Waals surface area (Å²) in [5, 5.41) is 7.53. The first-order valence-electron chi connectivity index (χ1n) is 3.03. The predicted molar refractivity (Wildman–Crippen MR) is 41.1 cm³/mol. The minimum atomic E-state index is 0.803. The monoisotopic (exact) mass is 135 g/mol. The van der Waals surface area contributed by atoms with Crippen LogP contribution in [0.25, 0.3) is 12.3 Å². The minimum Gasteiger partial charge on any atom is -0.290 e. The van der Waals surface area contributed by atoms with Gasteiger partial charge >= 0.3 is 0 Å². The first-order chi connectivity index (χ1) is 4.88. The van der Waals surface area contributed by atoms with Crippen LogP contribution in [0, 0.1) is 0 Å². The zero-order valence-electron chi connectivity index (χ0n) is 5.86. The van der Waals surface area contributed by atoms with Crippen LogP contribution in [0.1, 0.15) is 12.7 Å². The molecule has 52 valence electrons. The Balaban J connectivity index is 3.00. The van der Waals surface area contributed by atoms with Gasteiger partial charge in [0.15, 0.2) is 5.82 Å². The fourth-order valence-electron chi connectivity index (χ4n) is 0.661. The van der Waals surface area contributed by atoms with Crippen molar-refractivity contribution in [3.8, 4) is 0 Å².